The molecule has 182 valence electrons. The van der Waals surface area contributed by atoms with Crippen molar-refractivity contribution in [2.45, 2.75) is 38.8 Å². The molecule has 3 N–H and O–H groups in total. The summed E-state index contributed by atoms with van der Waals surface area (Å²) < 4.78 is 5.63. The summed E-state index contributed by atoms with van der Waals surface area (Å²) in [5, 5.41) is 13.5. The number of carbonyl (C=O) groups excluding carboxylic acids is 1. The van der Waals surface area contributed by atoms with Crippen LogP contribution in [0.15, 0.2) is 54.7 Å². The molecule has 0 radical (unpaired) electrons. The van der Waals surface area contributed by atoms with Crippen molar-refractivity contribution in [3.05, 3.63) is 75.9 Å². The van der Waals surface area contributed by atoms with Gasteiger partial charge in [-0.05, 0) is 56.5 Å². The maximum absolute atomic E-state index is 12.8. The van der Waals surface area contributed by atoms with E-state index in [1.807, 2.05) is 38.1 Å². The summed E-state index contributed by atoms with van der Waals surface area (Å²) in [4.78, 5) is 24.8. The van der Waals surface area contributed by atoms with Crippen molar-refractivity contribution in [2.75, 3.05) is 6.61 Å². The summed E-state index contributed by atoms with van der Waals surface area (Å²) in [6, 6.07) is 14.4. The number of ether oxygens (including phenoxy) is 1. The first-order valence-corrected chi connectivity index (χ1v) is 12.1. The van der Waals surface area contributed by atoms with Crippen LogP contribution in [0.3, 0.4) is 0 Å². The predicted octanol–water partition coefficient (Wildman–Crippen LogP) is 5.44. The molecule has 0 saturated heterocycles. The van der Waals surface area contributed by atoms with E-state index in [0.717, 1.165) is 16.6 Å². The number of hydrogen-bond donors (Lipinski definition) is 3. The standard InChI is InChI=1S/C26H26Cl2N4O3/c1-15(2)35-23-8-7-18(12-21(23)28)26(34)30-20(9-10-33)11-16-3-5-17(6-4-16)24-31-22-13-19(27)14-29-25(22)32-24/h3-8,12-15,20,33H,9-11H2,1-2H3,(H,30,34)(H,29,31,32)/t20-/m1/s1. The van der Waals surface area contributed by atoms with Crippen LogP contribution in [-0.4, -0.2) is 44.7 Å². The number of amides is 1. The summed E-state index contributed by atoms with van der Waals surface area (Å²) >= 11 is 12.3. The second kappa shape index (κ2) is 11.1. The van der Waals surface area contributed by atoms with E-state index >= 15 is 0 Å². The Hall–Kier alpha value is -3.13. The average Bonchev–Trinajstić information content (AvgIpc) is 3.24. The molecule has 35 heavy (non-hydrogen) atoms. The van der Waals surface area contributed by atoms with Gasteiger partial charge in [0.05, 0.1) is 21.7 Å². The summed E-state index contributed by atoms with van der Waals surface area (Å²) in [7, 11) is 0. The van der Waals surface area contributed by atoms with Crippen molar-refractivity contribution in [1.29, 1.82) is 0 Å². The SMILES string of the molecule is CC(C)Oc1ccc(C(=O)N[C@H](CCO)Cc2ccc(-c3nc4ncc(Cl)cc4[nH]3)cc2)cc1Cl. The maximum atomic E-state index is 12.8. The lowest BCUT2D eigenvalue weighted by Crippen LogP contribution is -2.37. The first-order chi connectivity index (χ1) is 16.8. The van der Waals surface area contributed by atoms with E-state index in [-0.39, 0.29) is 24.7 Å². The fourth-order valence-corrected chi connectivity index (χ4v) is 4.12. The number of imidazole rings is 1. The van der Waals surface area contributed by atoms with Gasteiger partial charge in [-0.15, -0.1) is 0 Å². The van der Waals surface area contributed by atoms with Crippen LogP contribution in [-0.2, 0) is 6.42 Å². The van der Waals surface area contributed by atoms with Gasteiger partial charge in [0.2, 0.25) is 0 Å². The minimum Gasteiger partial charge on any atom is -0.489 e. The smallest absolute Gasteiger partial charge is 0.251 e. The number of carbonyl (C=O) groups is 1. The normalized spacial score (nSPS) is 12.2. The predicted molar refractivity (Wildman–Crippen MR) is 138 cm³/mol. The van der Waals surface area contributed by atoms with Gasteiger partial charge < -0.3 is 20.1 Å². The molecule has 0 aliphatic carbocycles. The number of aliphatic hydroxyl groups is 1. The molecule has 0 aliphatic rings. The fraction of sp³-hybridized carbons (Fsp3) is 0.269. The molecule has 0 fully saturated rings. The minimum absolute atomic E-state index is 0.0190. The van der Waals surface area contributed by atoms with Crippen molar-refractivity contribution in [1.82, 2.24) is 20.3 Å². The topological polar surface area (TPSA) is 100 Å². The Balaban J connectivity index is 1.44. The maximum Gasteiger partial charge on any atom is 0.251 e. The van der Waals surface area contributed by atoms with E-state index in [1.54, 1.807) is 30.5 Å². The lowest BCUT2D eigenvalue weighted by Gasteiger charge is -2.19. The molecule has 4 aromatic rings. The number of H-pyrrole nitrogens is 1. The average molecular weight is 513 g/mol. The van der Waals surface area contributed by atoms with Crippen molar-refractivity contribution in [2.24, 2.45) is 0 Å². The number of nitrogens with zero attached hydrogens (tertiary/aromatic N) is 2. The Morgan fingerprint density at radius 2 is 1.91 bits per heavy atom. The molecule has 1 atom stereocenters. The number of fused-ring (bicyclic) bond motifs is 1. The zero-order valence-corrected chi connectivity index (χ0v) is 20.9. The number of halogens is 2. The molecular formula is C26H26Cl2N4O3. The third kappa shape index (κ3) is 6.31. The van der Waals surface area contributed by atoms with Gasteiger partial charge >= 0.3 is 0 Å². The van der Waals surface area contributed by atoms with Crippen LogP contribution in [0.4, 0.5) is 0 Å². The van der Waals surface area contributed by atoms with Gasteiger partial charge in [0.15, 0.2) is 5.65 Å². The van der Waals surface area contributed by atoms with E-state index in [2.05, 4.69) is 20.3 Å². The molecule has 4 rings (SSSR count). The molecule has 0 unspecified atom stereocenters. The Labute approximate surface area is 213 Å². The lowest BCUT2D eigenvalue weighted by atomic mass is 10.0. The zero-order chi connectivity index (χ0) is 24.9. The monoisotopic (exact) mass is 512 g/mol. The quantitative estimate of drug-likeness (QED) is 0.277. The van der Waals surface area contributed by atoms with E-state index in [4.69, 9.17) is 27.9 Å². The van der Waals surface area contributed by atoms with Crippen LogP contribution >= 0.6 is 23.2 Å². The number of benzene rings is 2. The molecule has 0 spiro atoms. The summed E-state index contributed by atoms with van der Waals surface area (Å²) in [6.07, 6.45) is 2.53. The number of rotatable bonds is 9. The largest absolute Gasteiger partial charge is 0.489 e. The minimum atomic E-state index is -0.258. The molecule has 0 aliphatic heterocycles. The van der Waals surface area contributed by atoms with Gasteiger partial charge in [0.25, 0.3) is 5.91 Å². The van der Waals surface area contributed by atoms with Crippen LogP contribution in [0.5, 0.6) is 5.75 Å². The highest BCUT2D eigenvalue weighted by atomic mass is 35.5. The van der Waals surface area contributed by atoms with Gasteiger partial charge in [0, 0.05) is 30.0 Å². The number of aromatic nitrogens is 3. The van der Waals surface area contributed by atoms with Crippen LogP contribution in [0.25, 0.3) is 22.6 Å². The number of nitrogens with one attached hydrogen (secondary N) is 2. The Kier molecular flexibility index (Phi) is 7.90. The molecule has 0 bridgehead atoms. The van der Waals surface area contributed by atoms with E-state index in [0.29, 0.717) is 45.7 Å². The van der Waals surface area contributed by atoms with Crippen LogP contribution in [0.1, 0.15) is 36.2 Å². The highest BCUT2D eigenvalue weighted by Crippen LogP contribution is 2.27. The second-order valence-corrected chi connectivity index (χ2v) is 9.35. The molecule has 9 heteroatoms. The third-order valence-corrected chi connectivity index (χ3v) is 5.89. The van der Waals surface area contributed by atoms with Crippen molar-refractivity contribution in [3.8, 4) is 17.1 Å². The van der Waals surface area contributed by atoms with Gasteiger partial charge in [-0.1, -0.05) is 47.5 Å². The van der Waals surface area contributed by atoms with Gasteiger partial charge in [-0.3, -0.25) is 4.79 Å². The Morgan fingerprint density at radius 1 is 1.14 bits per heavy atom. The summed E-state index contributed by atoms with van der Waals surface area (Å²) in [6.45, 7) is 3.78. The summed E-state index contributed by atoms with van der Waals surface area (Å²) in [5.41, 5.74) is 3.73. The fourth-order valence-electron chi connectivity index (χ4n) is 3.74. The molecule has 1 amide bonds. The zero-order valence-electron chi connectivity index (χ0n) is 19.4. The van der Waals surface area contributed by atoms with E-state index < -0.39 is 0 Å². The molecule has 0 saturated carbocycles. The summed E-state index contributed by atoms with van der Waals surface area (Å²) in [5.74, 6) is 0.975. The number of pyridine rings is 1. The van der Waals surface area contributed by atoms with Crippen molar-refractivity contribution in [3.63, 3.8) is 0 Å². The van der Waals surface area contributed by atoms with Crippen LogP contribution < -0.4 is 10.1 Å². The van der Waals surface area contributed by atoms with Gasteiger partial charge in [-0.2, -0.15) is 0 Å². The Bertz CT molecular complexity index is 1320. The van der Waals surface area contributed by atoms with Crippen LogP contribution in [0, 0.1) is 0 Å². The molecule has 2 aromatic heterocycles. The molecule has 2 heterocycles. The van der Waals surface area contributed by atoms with Gasteiger partial charge in [-0.25, -0.2) is 9.97 Å². The third-order valence-electron chi connectivity index (χ3n) is 5.38. The van der Waals surface area contributed by atoms with E-state index in [1.165, 1.54) is 0 Å². The van der Waals surface area contributed by atoms with Crippen LogP contribution in [0.2, 0.25) is 10.0 Å². The highest BCUT2D eigenvalue weighted by molar-refractivity contribution is 6.32. The molecule has 2 aromatic carbocycles. The van der Waals surface area contributed by atoms with Gasteiger partial charge in [0.1, 0.15) is 11.6 Å². The first-order valence-electron chi connectivity index (χ1n) is 11.3. The van der Waals surface area contributed by atoms with E-state index in [9.17, 15) is 9.90 Å². The van der Waals surface area contributed by atoms with Crippen molar-refractivity contribution >= 4 is 40.3 Å². The second-order valence-electron chi connectivity index (χ2n) is 8.51. The number of aromatic amines is 1. The molecule has 7 nitrogen and oxygen atoms in total. The lowest BCUT2D eigenvalue weighted by molar-refractivity contribution is 0.0930. The first kappa shape index (κ1) is 25.0. The highest BCUT2D eigenvalue weighted by Gasteiger charge is 2.16. The number of aliphatic hydroxyl groups excluding tert-OH is 1. The molecular weight excluding hydrogens is 487 g/mol. The number of hydrogen-bond acceptors (Lipinski definition) is 5. The van der Waals surface area contributed by atoms with Crippen molar-refractivity contribution < 1.29 is 14.6 Å². The Morgan fingerprint density at radius 3 is 2.60 bits per heavy atom.